The maximum absolute atomic E-state index is 13.7. The Bertz CT molecular complexity index is 1540. The van der Waals surface area contributed by atoms with Gasteiger partial charge >= 0.3 is 0 Å². The topological polar surface area (TPSA) is 101 Å². The van der Waals surface area contributed by atoms with Gasteiger partial charge in [-0.05, 0) is 41.0 Å². The summed E-state index contributed by atoms with van der Waals surface area (Å²) in [4.78, 5) is 32.1. The molecule has 2 aromatic carbocycles. The van der Waals surface area contributed by atoms with E-state index in [0.717, 1.165) is 11.1 Å². The van der Waals surface area contributed by atoms with Crippen LogP contribution in [0.3, 0.4) is 0 Å². The Morgan fingerprint density at radius 3 is 2.38 bits per heavy atom. The smallest absolute Gasteiger partial charge is 0.225 e. The highest BCUT2D eigenvalue weighted by atomic mass is 16.5. The first kappa shape index (κ1) is 25.2. The Hall–Kier alpha value is -4.13. The number of fused-ring (bicyclic) bond motifs is 2. The zero-order chi connectivity index (χ0) is 27.5. The minimum absolute atomic E-state index is 0.0132. The van der Waals surface area contributed by atoms with E-state index >= 15 is 0 Å². The number of Topliss-reactive ketones (excluding diaryl/α,β-unsaturated/α-hetero) is 2. The van der Waals surface area contributed by atoms with Crippen molar-refractivity contribution in [3.8, 4) is 17.4 Å². The van der Waals surface area contributed by atoms with Gasteiger partial charge in [-0.3, -0.25) is 9.59 Å². The lowest BCUT2D eigenvalue weighted by molar-refractivity contribution is -0.118. The monoisotopic (exact) mass is 524 g/mol. The molecule has 3 aromatic rings. The first-order valence-electron chi connectivity index (χ1n) is 13.3. The Balaban J connectivity index is 1.54. The van der Waals surface area contributed by atoms with E-state index < -0.39 is 5.92 Å². The molecule has 6 rings (SSSR count). The Labute approximate surface area is 228 Å². The van der Waals surface area contributed by atoms with Crippen LogP contribution >= 0.6 is 0 Å². The van der Waals surface area contributed by atoms with Crippen LogP contribution in [-0.4, -0.2) is 30.8 Å². The molecule has 2 heterocycles. The number of nitrogens with zero attached hydrogens (tertiary/aromatic N) is 1. The van der Waals surface area contributed by atoms with Crippen molar-refractivity contribution >= 4 is 17.3 Å². The van der Waals surface area contributed by atoms with Crippen molar-refractivity contribution in [2.75, 3.05) is 20.0 Å². The fourth-order valence-corrected chi connectivity index (χ4v) is 6.37. The molecule has 0 spiro atoms. The molecule has 0 amide bonds. The largest absolute Gasteiger partial charge is 0.493 e. The average Bonchev–Trinajstić information content (AvgIpc) is 2.91. The Morgan fingerprint density at radius 2 is 1.67 bits per heavy atom. The number of hydrogen-bond donors (Lipinski definition) is 1. The first-order valence-corrected chi connectivity index (χ1v) is 13.3. The highest BCUT2D eigenvalue weighted by molar-refractivity contribution is 6.06. The molecule has 200 valence electrons. The van der Waals surface area contributed by atoms with Gasteiger partial charge < -0.3 is 19.9 Å². The second kappa shape index (κ2) is 9.26. The van der Waals surface area contributed by atoms with Crippen molar-refractivity contribution in [3.05, 3.63) is 87.8 Å². The van der Waals surface area contributed by atoms with Crippen LogP contribution in [0, 0.1) is 5.41 Å². The van der Waals surface area contributed by atoms with Crippen LogP contribution in [0.15, 0.2) is 59.9 Å². The van der Waals surface area contributed by atoms with Crippen molar-refractivity contribution in [1.29, 1.82) is 0 Å². The van der Waals surface area contributed by atoms with Crippen LogP contribution < -0.4 is 19.9 Å². The summed E-state index contributed by atoms with van der Waals surface area (Å²) in [6.07, 6.45) is 1.93. The highest BCUT2D eigenvalue weighted by Gasteiger charge is 2.45. The molecule has 2 aliphatic carbocycles. The summed E-state index contributed by atoms with van der Waals surface area (Å²) >= 11 is 0. The van der Waals surface area contributed by atoms with Gasteiger partial charge in [-0.1, -0.05) is 50.2 Å². The van der Waals surface area contributed by atoms with Crippen molar-refractivity contribution in [3.63, 3.8) is 0 Å². The molecule has 0 radical (unpaired) electrons. The number of pyridine rings is 1. The normalized spacial score (nSPS) is 21.4. The van der Waals surface area contributed by atoms with E-state index in [4.69, 9.17) is 24.9 Å². The van der Waals surface area contributed by atoms with E-state index in [1.807, 2.05) is 48.5 Å². The minimum atomic E-state index is -0.537. The van der Waals surface area contributed by atoms with Crippen molar-refractivity contribution < 1.29 is 23.8 Å². The van der Waals surface area contributed by atoms with Gasteiger partial charge in [-0.15, -0.1) is 0 Å². The number of carbonyl (C=O) groups is 2. The van der Waals surface area contributed by atoms with Gasteiger partial charge in [-0.25, -0.2) is 4.98 Å². The van der Waals surface area contributed by atoms with Gasteiger partial charge in [-0.2, -0.15) is 0 Å². The number of nitrogens with two attached hydrogens (primary N) is 1. The molecule has 1 aliphatic heterocycles. The van der Waals surface area contributed by atoms with Crippen LogP contribution in [-0.2, 0) is 11.2 Å². The lowest BCUT2D eigenvalue weighted by Gasteiger charge is -2.39. The summed E-state index contributed by atoms with van der Waals surface area (Å²) in [5, 5.41) is 0. The number of methoxy groups -OCH3 is 2. The number of benzene rings is 2. The summed E-state index contributed by atoms with van der Waals surface area (Å²) in [5.41, 5.74) is 11.1. The number of aromatic nitrogens is 1. The zero-order valence-electron chi connectivity index (χ0n) is 22.7. The Kier molecular flexibility index (Phi) is 5.97. The molecule has 1 aromatic heterocycles. The fourth-order valence-electron chi connectivity index (χ4n) is 6.37. The van der Waals surface area contributed by atoms with Crippen molar-refractivity contribution in [2.24, 2.45) is 5.41 Å². The first-order chi connectivity index (χ1) is 18.7. The van der Waals surface area contributed by atoms with Gasteiger partial charge in [0, 0.05) is 30.8 Å². The van der Waals surface area contributed by atoms with E-state index in [1.165, 1.54) is 0 Å². The molecular formula is C32H32N2O5. The SMILES string of the molecule is COc1ccc(C2C3=C(CC(C)(C)CC3=O)Oc3nc4c(c(N)c32)C(=O)CC(c2ccccc2)C4)cc1OC. The molecule has 7 heteroatoms. The number of ether oxygens (including phenoxy) is 3. The number of carbonyl (C=O) groups excluding carboxylic acids is 2. The van der Waals surface area contributed by atoms with Crippen LogP contribution in [0.4, 0.5) is 5.69 Å². The van der Waals surface area contributed by atoms with E-state index in [0.29, 0.717) is 76.9 Å². The molecule has 2 atom stereocenters. The molecule has 2 N–H and O–H groups in total. The lowest BCUT2D eigenvalue weighted by atomic mass is 9.69. The third-order valence-corrected chi connectivity index (χ3v) is 8.15. The predicted molar refractivity (Wildman–Crippen MR) is 148 cm³/mol. The molecule has 3 aliphatic rings. The van der Waals surface area contributed by atoms with Crippen LogP contribution in [0.2, 0.25) is 0 Å². The van der Waals surface area contributed by atoms with E-state index in [9.17, 15) is 9.59 Å². The van der Waals surface area contributed by atoms with Crippen molar-refractivity contribution in [2.45, 2.75) is 51.4 Å². The molecule has 0 fully saturated rings. The van der Waals surface area contributed by atoms with Crippen molar-refractivity contribution in [1.82, 2.24) is 4.98 Å². The number of rotatable bonds is 4. The van der Waals surface area contributed by atoms with E-state index in [1.54, 1.807) is 14.2 Å². The third kappa shape index (κ3) is 4.17. The molecule has 0 bridgehead atoms. The summed E-state index contributed by atoms with van der Waals surface area (Å²) in [6, 6.07) is 15.6. The zero-order valence-corrected chi connectivity index (χ0v) is 22.7. The standard InChI is InChI=1S/C32H32N2O5/c1-32(2)15-22(36)28-25(16-32)39-31-29(26(28)18-10-11-23(37-3)24(14-18)38-4)30(33)27-20(34-31)12-19(13-21(27)35)17-8-6-5-7-9-17/h5-11,14,19,26H,12-13,15-16H2,1-4H3,(H2,33,34). The molecule has 7 nitrogen and oxygen atoms in total. The maximum atomic E-state index is 13.7. The fraction of sp³-hybridized carbons (Fsp3) is 0.344. The van der Waals surface area contributed by atoms with E-state index in [-0.39, 0.29) is 22.9 Å². The summed E-state index contributed by atoms with van der Waals surface area (Å²) in [5.74, 6) is 1.57. The molecular weight excluding hydrogens is 492 g/mol. The maximum Gasteiger partial charge on any atom is 0.225 e. The van der Waals surface area contributed by atoms with Gasteiger partial charge in [0.25, 0.3) is 0 Å². The summed E-state index contributed by atoms with van der Waals surface area (Å²) in [7, 11) is 3.16. The second-order valence-corrected chi connectivity index (χ2v) is 11.4. The van der Waals surface area contributed by atoms with Crippen LogP contribution in [0.1, 0.15) is 77.7 Å². The van der Waals surface area contributed by atoms with Gasteiger partial charge in [0.1, 0.15) is 5.76 Å². The third-order valence-electron chi connectivity index (χ3n) is 8.15. The summed E-state index contributed by atoms with van der Waals surface area (Å²) < 4.78 is 17.5. The lowest BCUT2D eigenvalue weighted by Crippen LogP contribution is -2.34. The quantitative estimate of drug-likeness (QED) is 0.463. The Morgan fingerprint density at radius 1 is 0.923 bits per heavy atom. The van der Waals surface area contributed by atoms with Crippen LogP contribution in [0.25, 0.3) is 0 Å². The minimum Gasteiger partial charge on any atom is -0.493 e. The number of allylic oxidation sites excluding steroid dienone is 2. The van der Waals surface area contributed by atoms with Gasteiger partial charge in [0.15, 0.2) is 23.1 Å². The predicted octanol–water partition coefficient (Wildman–Crippen LogP) is 5.76. The molecule has 0 saturated heterocycles. The highest BCUT2D eigenvalue weighted by Crippen LogP contribution is 2.53. The number of nitrogen functional groups attached to an aromatic ring is 1. The van der Waals surface area contributed by atoms with E-state index in [2.05, 4.69) is 13.8 Å². The van der Waals surface area contributed by atoms with Gasteiger partial charge in [0.05, 0.1) is 36.7 Å². The molecule has 39 heavy (non-hydrogen) atoms. The number of ketones is 2. The second-order valence-electron chi connectivity index (χ2n) is 11.4. The van der Waals surface area contributed by atoms with Gasteiger partial charge in [0.2, 0.25) is 5.88 Å². The molecule has 2 unspecified atom stereocenters. The summed E-state index contributed by atoms with van der Waals surface area (Å²) in [6.45, 7) is 4.13. The number of anilines is 1. The average molecular weight is 525 g/mol. The van der Waals surface area contributed by atoms with Crippen LogP contribution in [0.5, 0.6) is 17.4 Å². The molecule has 0 saturated carbocycles. The number of hydrogen-bond acceptors (Lipinski definition) is 7.